The zero-order valence-electron chi connectivity index (χ0n) is 26.0. The van der Waals surface area contributed by atoms with Gasteiger partial charge in [0.15, 0.2) is 0 Å². The highest BCUT2D eigenvalue weighted by Crippen LogP contribution is 2.22. The maximum atomic E-state index is 13.8. The molecule has 0 saturated carbocycles. The van der Waals surface area contributed by atoms with Crippen molar-refractivity contribution in [2.75, 3.05) is 37.8 Å². The molecule has 4 atom stereocenters. The molecular weight excluding hydrogens is 646 g/mol. The first kappa shape index (κ1) is 38.8. The van der Waals surface area contributed by atoms with Crippen LogP contribution in [-0.4, -0.2) is 106 Å². The third-order valence-electron chi connectivity index (χ3n) is 6.96. The standard InChI is InChI=1S/C28H41N5O13S/c1-20(46-33(41)42)45-28(38)29-14-6-5-10-22(30-23(26(35)36)13-12-21-8-3-2-4-9-21)25(34)31-15-7-11-24(31)27(37)43-16-18-47-19-17-44-32(39)40/h2-4,8-9,20,22-24,30H,5-7,10-19H2,1H3,(H,29,38)(H,35,36). The number of carboxylic acids is 1. The second-order valence-corrected chi connectivity index (χ2v) is 11.6. The second-order valence-electron chi connectivity index (χ2n) is 10.4. The van der Waals surface area contributed by atoms with Crippen LogP contribution in [0.4, 0.5) is 4.79 Å². The first-order valence-corrected chi connectivity index (χ1v) is 16.2. The molecule has 4 unspecified atom stereocenters. The average molecular weight is 688 g/mol. The van der Waals surface area contributed by atoms with Crippen LogP contribution in [-0.2, 0) is 40.0 Å². The van der Waals surface area contributed by atoms with Crippen LogP contribution in [0.1, 0.15) is 51.0 Å². The van der Waals surface area contributed by atoms with Crippen molar-refractivity contribution in [2.24, 2.45) is 0 Å². The molecule has 1 aliphatic rings. The van der Waals surface area contributed by atoms with Gasteiger partial charge in [-0.1, -0.05) is 30.3 Å². The number of unbranched alkanes of at least 4 members (excludes halogenated alkanes) is 1. The number of nitrogens with one attached hydrogen (secondary N) is 2. The highest BCUT2D eigenvalue weighted by atomic mass is 32.2. The van der Waals surface area contributed by atoms with Gasteiger partial charge in [-0.15, -0.1) is 20.2 Å². The van der Waals surface area contributed by atoms with Crippen LogP contribution in [0.2, 0.25) is 0 Å². The quantitative estimate of drug-likeness (QED) is 0.0490. The number of thioether (sulfide) groups is 1. The van der Waals surface area contributed by atoms with Gasteiger partial charge in [0.2, 0.25) is 12.2 Å². The lowest BCUT2D eigenvalue weighted by atomic mass is 10.0. The Hall–Kier alpha value is -4.39. The SMILES string of the molecule is CC(OC(=O)NCCCCC(NC(CCc1ccccc1)C(=O)O)C(=O)N1CCCC1C(=O)OCCSCCO[N+](=O)[O-])O[N+](=O)[O-]. The van der Waals surface area contributed by atoms with E-state index in [4.69, 9.17) is 9.47 Å². The van der Waals surface area contributed by atoms with Crippen LogP contribution < -0.4 is 10.6 Å². The highest BCUT2D eigenvalue weighted by Gasteiger charge is 2.39. The van der Waals surface area contributed by atoms with Gasteiger partial charge in [0.1, 0.15) is 25.3 Å². The van der Waals surface area contributed by atoms with E-state index in [0.717, 1.165) is 5.56 Å². The molecule has 2 rings (SSSR count). The first-order chi connectivity index (χ1) is 22.5. The number of alkyl carbamates (subject to hydrolysis) is 1. The summed E-state index contributed by atoms with van der Waals surface area (Å²) in [6.07, 6.45) is 0.162. The van der Waals surface area contributed by atoms with E-state index in [1.54, 1.807) is 0 Å². The van der Waals surface area contributed by atoms with Crippen molar-refractivity contribution >= 4 is 35.7 Å². The van der Waals surface area contributed by atoms with Crippen molar-refractivity contribution in [3.63, 3.8) is 0 Å². The summed E-state index contributed by atoms with van der Waals surface area (Å²) in [6, 6.07) is 6.43. The van der Waals surface area contributed by atoms with Crippen LogP contribution in [0.15, 0.2) is 30.3 Å². The average Bonchev–Trinajstić information content (AvgIpc) is 3.51. The molecule has 262 valence electrons. The smallest absolute Gasteiger partial charge is 0.409 e. The molecule has 1 aromatic rings. The van der Waals surface area contributed by atoms with Gasteiger partial charge in [0.25, 0.3) is 10.2 Å². The minimum Gasteiger partial charge on any atom is -0.480 e. The number of amides is 2. The summed E-state index contributed by atoms with van der Waals surface area (Å²) >= 11 is 1.30. The van der Waals surface area contributed by atoms with E-state index in [1.807, 2.05) is 30.3 Å². The number of hydrogen-bond donors (Lipinski definition) is 3. The summed E-state index contributed by atoms with van der Waals surface area (Å²) in [5.41, 5.74) is 0.935. The summed E-state index contributed by atoms with van der Waals surface area (Å²) < 4.78 is 10.1. The maximum Gasteiger partial charge on any atom is 0.409 e. The Bertz CT molecular complexity index is 1180. The van der Waals surface area contributed by atoms with Gasteiger partial charge in [0, 0.05) is 24.6 Å². The van der Waals surface area contributed by atoms with Gasteiger partial charge in [-0.3, -0.25) is 19.7 Å². The fourth-order valence-corrected chi connectivity index (χ4v) is 5.40. The fraction of sp³-hybridized carbons (Fsp3) is 0.643. The molecule has 1 saturated heterocycles. The molecule has 1 aromatic carbocycles. The second kappa shape index (κ2) is 21.4. The van der Waals surface area contributed by atoms with Gasteiger partial charge < -0.3 is 29.6 Å². The van der Waals surface area contributed by atoms with E-state index < -0.39 is 58.5 Å². The number of esters is 1. The molecular formula is C28H41N5O13S. The molecule has 1 aliphatic heterocycles. The molecule has 1 fully saturated rings. The summed E-state index contributed by atoms with van der Waals surface area (Å²) in [5, 5.41) is 34.0. The number of nitrogens with zero attached hydrogens (tertiary/aromatic N) is 3. The predicted molar refractivity (Wildman–Crippen MR) is 165 cm³/mol. The number of aliphatic carboxylic acids is 1. The molecule has 3 N–H and O–H groups in total. The molecule has 47 heavy (non-hydrogen) atoms. The lowest BCUT2D eigenvalue weighted by Crippen LogP contribution is -2.54. The van der Waals surface area contributed by atoms with Crippen LogP contribution in [0.3, 0.4) is 0 Å². The predicted octanol–water partition coefficient (Wildman–Crippen LogP) is 1.96. The number of likely N-dealkylation sites (tertiary alicyclic amines) is 1. The van der Waals surface area contributed by atoms with Crippen LogP contribution >= 0.6 is 11.8 Å². The Morgan fingerprint density at radius 2 is 1.77 bits per heavy atom. The van der Waals surface area contributed by atoms with Crippen LogP contribution in [0, 0.1) is 20.2 Å². The Morgan fingerprint density at radius 3 is 2.45 bits per heavy atom. The lowest BCUT2D eigenvalue weighted by molar-refractivity contribution is -0.777. The van der Waals surface area contributed by atoms with Crippen molar-refractivity contribution in [1.29, 1.82) is 0 Å². The zero-order chi connectivity index (χ0) is 34.6. The third-order valence-corrected chi connectivity index (χ3v) is 7.87. The van der Waals surface area contributed by atoms with Gasteiger partial charge >= 0.3 is 18.0 Å². The number of aryl methyl sites for hydroxylation is 1. The largest absolute Gasteiger partial charge is 0.480 e. The number of ether oxygens (including phenoxy) is 2. The van der Waals surface area contributed by atoms with E-state index in [2.05, 4.69) is 20.3 Å². The Labute approximate surface area is 275 Å². The van der Waals surface area contributed by atoms with Crippen molar-refractivity contribution in [2.45, 2.75) is 76.3 Å². The number of benzene rings is 1. The highest BCUT2D eigenvalue weighted by molar-refractivity contribution is 7.99. The van der Waals surface area contributed by atoms with Gasteiger partial charge in [-0.2, -0.15) is 11.8 Å². The van der Waals surface area contributed by atoms with Crippen LogP contribution in [0.5, 0.6) is 0 Å². The molecule has 0 bridgehead atoms. The molecule has 0 radical (unpaired) electrons. The van der Waals surface area contributed by atoms with E-state index in [-0.39, 0.29) is 39.1 Å². The Morgan fingerprint density at radius 1 is 1.04 bits per heavy atom. The van der Waals surface area contributed by atoms with Crippen molar-refractivity contribution < 1.29 is 53.6 Å². The van der Waals surface area contributed by atoms with E-state index >= 15 is 0 Å². The molecule has 0 aromatic heterocycles. The van der Waals surface area contributed by atoms with E-state index in [9.17, 15) is 44.5 Å². The van der Waals surface area contributed by atoms with Gasteiger partial charge in [0.05, 0.1) is 6.04 Å². The van der Waals surface area contributed by atoms with Gasteiger partial charge in [-0.05, 0) is 57.4 Å². The zero-order valence-corrected chi connectivity index (χ0v) is 26.8. The fourth-order valence-electron chi connectivity index (χ4n) is 4.80. The Kier molecular flexibility index (Phi) is 17.7. The number of carbonyl (C=O) groups excluding carboxylic acids is 3. The molecule has 0 aliphatic carbocycles. The molecule has 1 heterocycles. The van der Waals surface area contributed by atoms with Crippen molar-refractivity contribution in [1.82, 2.24) is 15.5 Å². The number of carbonyl (C=O) groups is 4. The molecule has 2 amide bonds. The van der Waals surface area contributed by atoms with E-state index in [1.165, 1.54) is 23.6 Å². The topological polar surface area (TPSA) is 239 Å². The summed E-state index contributed by atoms with van der Waals surface area (Å²) in [6.45, 7) is 1.51. The summed E-state index contributed by atoms with van der Waals surface area (Å²) in [5.74, 6) is -1.45. The summed E-state index contributed by atoms with van der Waals surface area (Å²) in [4.78, 5) is 81.1. The van der Waals surface area contributed by atoms with Crippen molar-refractivity contribution in [3.8, 4) is 0 Å². The summed E-state index contributed by atoms with van der Waals surface area (Å²) in [7, 11) is 0. The minimum atomic E-state index is -1.41. The van der Waals surface area contributed by atoms with Crippen molar-refractivity contribution in [3.05, 3.63) is 56.1 Å². The third kappa shape index (κ3) is 15.6. The number of hydrogen-bond acceptors (Lipinski definition) is 14. The Balaban J connectivity index is 1.99. The molecule has 19 heteroatoms. The van der Waals surface area contributed by atoms with Crippen LogP contribution in [0.25, 0.3) is 0 Å². The first-order valence-electron chi connectivity index (χ1n) is 15.1. The maximum absolute atomic E-state index is 13.8. The molecule has 18 nitrogen and oxygen atoms in total. The number of carboxylic acid groups (broad SMARTS) is 1. The van der Waals surface area contributed by atoms with E-state index in [0.29, 0.717) is 43.6 Å². The lowest BCUT2D eigenvalue weighted by Gasteiger charge is -2.30. The minimum absolute atomic E-state index is 0.0368. The molecule has 0 spiro atoms. The number of rotatable bonds is 23. The monoisotopic (exact) mass is 687 g/mol. The van der Waals surface area contributed by atoms with Gasteiger partial charge in [-0.25, -0.2) is 9.59 Å². The normalized spacial score (nSPS) is 15.9.